The molecule has 2 heterocycles. The molecule has 2 atom stereocenters. The lowest BCUT2D eigenvalue weighted by atomic mass is 9.88. The fourth-order valence-electron chi connectivity index (χ4n) is 3.09. The summed E-state index contributed by atoms with van der Waals surface area (Å²) in [6, 6.07) is 9.47. The molecule has 2 aliphatic rings. The van der Waals surface area contributed by atoms with Gasteiger partial charge in [-0.1, -0.05) is 25.1 Å². The summed E-state index contributed by atoms with van der Waals surface area (Å²) in [5.41, 5.74) is 0. The van der Waals surface area contributed by atoms with Crippen LogP contribution in [0.2, 0.25) is 0 Å². The van der Waals surface area contributed by atoms with Crippen LogP contribution in [0.15, 0.2) is 30.3 Å². The van der Waals surface area contributed by atoms with E-state index in [2.05, 4.69) is 10.6 Å². The first-order valence-corrected chi connectivity index (χ1v) is 8.60. The second-order valence-electron chi connectivity index (χ2n) is 6.62. The smallest absolute Gasteiger partial charge is 0.224 e. The number of benzene rings is 1. The Labute approximate surface area is 154 Å². The lowest BCUT2D eigenvalue weighted by Crippen LogP contribution is -2.51. The first kappa shape index (κ1) is 19.5. The Morgan fingerprint density at radius 3 is 2.72 bits per heavy atom. The highest BCUT2D eigenvalue weighted by molar-refractivity contribution is 5.85. The van der Waals surface area contributed by atoms with Gasteiger partial charge in [-0.15, -0.1) is 12.4 Å². The molecule has 0 aliphatic carbocycles. The number of likely N-dealkylation sites (tertiary alicyclic amines) is 1. The molecule has 2 N–H and O–H groups in total. The van der Waals surface area contributed by atoms with Crippen LogP contribution < -0.4 is 15.4 Å². The molecule has 0 spiro atoms. The quantitative estimate of drug-likeness (QED) is 0.756. The Kier molecular flexibility index (Phi) is 7.08. The minimum atomic E-state index is -0.0859. The van der Waals surface area contributed by atoms with Crippen molar-refractivity contribution in [3.05, 3.63) is 30.3 Å². The second kappa shape index (κ2) is 9.06. The van der Waals surface area contributed by atoms with Crippen LogP contribution in [-0.2, 0) is 9.59 Å². The average molecular weight is 368 g/mol. The van der Waals surface area contributed by atoms with Crippen molar-refractivity contribution in [2.75, 3.05) is 32.8 Å². The Bertz CT molecular complexity index is 580. The number of ether oxygens (including phenoxy) is 1. The van der Waals surface area contributed by atoms with Crippen molar-refractivity contribution in [3.8, 4) is 5.75 Å². The molecule has 6 nitrogen and oxygen atoms in total. The van der Waals surface area contributed by atoms with Gasteiger partial charge >= 0.3 is 0 Å². The van der Waals surface area contributed by atoms with Crippen LogP contribution in [0, 0.1) is 11.8 Å². The number of carbonyl (C=O) groups is 2. The molecule has 0 bridgehead atoms. The number of halogens is 1. The molecule has 3 rings (SSSR count). The summed E-state index contributed by atoms with van der Waals surface area (Å²) in [5, 5.41) is 6.21. The topological polar surface area (TPSA) is 70.7 Å². The lowest BCUT2D eigenvalue weighted by Gasteiger charge is -2.32. The number of nitrogens with zero attached hydrogens (tertiary/aromatic N) is 1. The van der Waals surface area contributed by atoms with Crippen LogP contribution in [0.4, 0.5) is 0 Å². The van der Waals surface area contributed by atoms with Crippen molar-refractivity contribution < 1.29 is 14.3 Å². The maximum absolute atomic E-state index is 12.3. The van der Waals surface area contributed by atoms with Gasteiger partial charge in [0.15, 0.2) is 0 Å². The minimum Gasteiger partial charge on any atom is -0.492 e. The third-order valence-corrected chi connectivity index (χ3v) is 4.87. The van der Waals surface area contributed by atoms with E-state index in [-0.39, 0.29) is 36.2 Å². The van der Waals surface area contributed by atoms with Gasteiger partial charge in [-0.3, -0.25) is 9.59 Å². The molecule has 0 saturated carbocycles. The fourth-order valence-corrected chi connectivity index (χ4v) is 3.09. The van der Waals surface area contributed by atoms with E-state index in [0.717, 1.165) is 18.8 Å². The zero-order valence-corrected chi connectivity index (χ0v) is 15.3. The van der Waals surface area contributed by atoms with Crippen LogP contribution in [0.5, 0.6) is 5.75 Å². The molecule has 2 amide bonds. The van der Waals surface area contributed by atoms with E-state index in [1.807, 2.05) is 37.3 Å². The van der Waals surface area contributed by atoms with Gasteiger partial charge in [0.25, 0.3) is 0 Å². The monoisotopic (exact) mass is 367 g/mol. The normalized spacial score (nSPS) is 21.2. The Morgan fingerprint density at radius 2 is 2.08 bits per heavy atom. The molecule has 2 saturated heterocycles. The number of carbonyl (C=O) groups excluding carboxylic acids is 2. The Morgan fingerprint density at radius 1 is 1.36 bits per heavy atom. The van der Waals surface area contributed by atoms with Crippen molar-refractivity contribution >= 4 is 24.2 Å². The third-order valence-electron chi connectivity index (χ3n) is 4.87. The first-order chi connectivity index (χ1) is 11.6. The number of rotatable bonds is 7. The standard InChI is InChI=1S/C18H25N3O3.ClH/c1-13(14-10-19-11-14)18(23)20-15-9-17(22)21(12-15)7-8-24-16-5-3-2-4-6-16;/h2-6,13-15,19H,7-12H2,1H3,(H,20,23);1H. The van der Waals surface area contributed by atoms with Crippen LogP contribution in [0.3, 0.4) is 0 Å². The predicted molar refractivity (Wildman–Crippen MR) is 97.8 cm³/mol. The van der Waals surface area contributed by atoms with Gasteiger partial charge in [0.05, 0.1) is 12.6 Å². The average Bonchev–Trinajstić information content (AvgIpc) is 2.86. The lowest BCUT2D eigenvalue weighted by molar-refractivity contribution is -0.128. The SMILES string of the molecule is CC(C(=O)NC1CC(=O)N(CCOc2ccccc2)C1)C1CNC1.Cl. The van der Waals surface area contributed by atoms with Gasteiger partial charge < -0.3 is 20.3 Å². The van der Waals surface area contributed by atoms with Crippen molar-refractivity contribution in [2.45, 2.75) is 19.4 Å². The molecule has 2 aliphatic heterocycles. The third kappa shape index (κ3) is 5.09. The van der Waals surface area contributed by atoms with Crippen molar-refractivity contribution in [1.82, 2.24) is 15.5 Å². The summed E-state index contributed by atoms with van der Waals surface area (Å²) < 4.78 is 5.64. The highest BCUT2D eigenvalue weighted by atomic mass is 35.5. The van der Waals surface area contributed by atoms with Crippen molar-refractivity contribution in [2.24, 2.45) is 11.8 Å². The predicted octanol–water partition coefficient (Wildman–Crippen LogP) is 1.06. The number of nitrogens with one attached hydrogen (secondary N) is 2. The molecule has 2 unspecified atom stereocenters. The number of amides is 2. The van der Waals surface area contributed by atoms with Gasteiger partial charge in [0.2, 0.25) is 11.8 Å². The molecular weight excluding hydrogens is 342 g/mol. The minimum absolute atomic E-state index is 0. The van der Waals surface area contributed by atoms with Gasteiger partial charge in [0, 0.05) is 18.9 Å². The van der Waals surface area contributed by atoms with Gasteiger partial charge in [0.1, 0.15) is 12.4 Å². The van der Waals surface area contributed by atoms with Gasteiger partial charge in [-0.25, -0.2) is 0 Å². The van der Waals surface area contributed by atoms with Gasteiger partial charge in [-0.2, -0.15) is 0 Å². The molecule has 0 aromatic heterocycles. The van der Waals surface area contributed by atoms with E-state index in [1.165, 1.54) is 0 Å². The summed E-state index contributed by atoms with van der Waals surface area (Å²) in [4.78, 5) is 26.1. The molecule has 1 aromatic carbocycles. The molecule has 2 fully saturated rings. The van der Waals surface area contributed by atoms with Crippen molar-refractivity contribution in [3.63, 3.8) is 0 Å². The van der Waals surface area contributed by atoms with Crippen molar-refractivity contribution in [1.29, 1.82) is 0 Å². The molecule has 138 valence electrons. The number of hydrogen-bond acceptors (Lipinski definition) is 4. The first-order valence-electron chi connectivity index (χ1n) is 8.60. The van der Waals surface area contributed by atoms with Crippen LogP contribution in [0.1, 0.15) is 13.3 Å². The van der Waals surface area contributed by atoms with E-state index in [0.29, 0.717) is 32.0 Å². The van der Waals surface area contributed by atoms with Crippen LogP contribution >= 0.6 is 12.4 Å². The summed E-state index contributed by atoms with van der Waals surface area (Å²) in [5.74, 6) is 1.35. The Hall–Kier alpha value is -1.79. The molecular formula is C18H26ClN3O3. The van der Waals surface area contributed by atoms with Gasteiger partial charge in [-0.05, 0) is 31.1 Å². The van der Waals surface area contributed by atoms with E-state index < -0.39 is 0 Å². The second-order valence-corrected chi connectivity index (χ2v) is 6.62. The largest absolute Gasteiger partial charge is 0.492 e. The molecule has 7 heteroatoms. The number of hydrogen-bond donors (Lipinski definition) is 2. The molecule has 0 radical (unpaired) electrons. The zero-order chi connectivity index (χ0) is 16.9. The van der Waals surface area contributed by atoms with Crippen LogP contribution in [0.25, 0.3) is 0 Å². The van der Waals surface area contributed by atoms with E-state index >= 15 is 0 Å². The summed E-state index contributed by atoms with van der Waals surface area (Å²) in [7, 11) is 0. The highest BCUT2D eigenvalue weighted by Gasteiger charge is 2.34. The summed E-state index contributed by atoms with van der Waals surface area (Å²) >= 11 is 0. The summed E-state index contributed by atoms with van der Waals surface area (Å²) in [6.45, 7) is 5.34. The fraction of sp³-hybridized carbons (Fsp3) is 0.556. The molecule has 1 aromatic rings. The van der Waals surface area contributed by atoms with E-state index in [1.54, 1.807) is 4.90 Å². The molecule has 25 heavy (non-hydrogen) atoms. The van der Waals surface area contributed by atoms with E-state index in [9.17, 15) is 9.59 Å². The Balaban J connectivity index is 0.00000225. The van der Waals surface area contributed by atoms with E-state index in [4.69, 9.17) is 4.74 Å². The number of para-hydroxylation sites is 1. The summed E-state index contributed by atoms with van der Waals surface area (Å²) in [6.07, 6.45) is 0.382. The zero-order valence-electron chi connectivity index (χ0n) is 14.4. The van der Waals surface area contributed by atoms with Crippen LogP contribution in [-0.4, -0.2) is 55.5 Å². The highest BCUT2D eigenvalue weighted by Crippen LogP contribution is 2.18. The maximum Gasteiger partial charge on any atom is 0.224 e. The maximum atomic E-state index is 12.3.